The lowest BCUT2D eigenvalue weighted by Crippen LogP contribution is -2.36. The Labute approximate surface area is 126 Å². The van der Waals surface area contributed by atoms with Gasteiger partial charge in [-0.1, -0.05) is 32.0 Å². The van der Waals surface area contributed by atoms with Crippen LogP contribution in [-0.4, -0.2) is 23.4 Å². The first-order valence-corrected chi connectivity index (χ1v) is 7.74. The first kappa shape index (κ1) is 14.1. The Balaban J connectivity index is 2.01. The summed E-state index contributed by atoms with van der Waals surface area (Å²) < 4.78 is 8.13. The van der Waals surface area contributed by atoms with Crippen LogP contribution in [0.15, 0.2) is 30.3 Å². The molecule has 1 N–H and O–H groups in total. The lowest BCUT2D eigenvalue weighted by atomic mass is 9.96. The molecular formula is C17H23N3O. The van der Waals surface area contributed by atoms with Gasteiger partial charge in [0.15, 0.2) is 0 Å². The van der Waals surface area contributed by atoms with Gasteiger partial charge >= 0.3 is 0 Å². The number of nitrogens with one attached hydrogen (secondary N) is 1. The van der Waals surface area contributed by atoms with Crippen LogP contribution in [0.1, 0.15) is 42.9 Å². The maximum atomic E-state index is 5.96. The fraction of sp³-hybridized carbons (Fsp3) is 0.471. The summed E-state index contributed by atoms with van der Waals surface area (Å²) in [5, 5.41) is 8.24. The predicted molar refractivity (Wildman–Crippen MR) is 83.8 cm³/mol. The topological polar surface area (TPSA) is 39.1 Å². The van der Waals surface area contributed by atoms with Crippen LogP contribution in [0.2, 0.25) is 0 Å². The number of fused-ring (bicyclic) bond motifs is 1. The van der Waals surface area contributed by atoms with Gasteiger partial charge < -0.3 is 10.1 Å². The maximum Gasteiger partial charge on any atom is 0.124 e. The molecule has 0 aliphatic carbocycles. The SMILES string of the molecule is CCc1cc(CC)n(C2COc3ccccc3C2NC)n1. The fourth-order valence-corrected chi connectivity index (χ4v) is 3.12. The molecule has 112 valence electrons. The van der Waals surface area contributed by atoms with Gasteiger partial charge in [-0.25, -0.2) is 0 Å². The summed E-state index contributed by atoms with van der Waals surface area (Å²) in [5.74, 6) is 0.981. The van der Waals surface area contributed by atoms with E-state index in [0.29, 0.717) is 6.61 Å². The van der Waals surface area contributed by atoms with E-state index in [0.717, 1.165) is 24.3 Å². The molecule has 1 aromatic carbocycles. The third-order valence-corrected chi connectivity index (χ3v) is 4.26. The Hall–Kier alpha value is -1.81. The third kappa shape index (κ3) is 2.44. The molecule has 3 rings (SSSR count). The molecule has 1 aliphatic heterocycles. The summed E-state index contributed by atoms with van der Waals surface area (Å²) in [4.78, 5) is 0. The summed E-state index contributed by atoms with van der Waals surface area (Å²) in [7, 11) is 2.01. The zero-order chi connectivity index (χ0) is 14.8. The lowest BCUT2D eigenvalue weighted by molar-refractivity contribution is 0.171. The van der Waals surface area contributed by atoms with Gasteiger partial charge in [0.05, 0.1) is 11.7 Å². The van der Waals surface area contributed by atoms with E-state index in [9.17, 15) is 0 Å². The molecule has 0 amide bonds. The molecule has 4 nitrogen and oxygen atoms in total. The van der Waals surface area contributed by atoms with Crippen molar-refractivity contribution in [3.63, 3.8) is 0 Å². The van der Waals surface area contributed by atoms with Crippen molar-refractivity contribution in [1.29, 1.82) is 0 Å². The molecule has 0 radical (unpaired) electrons. The van der Waals surface area contributed by atoms with Gasteiger partial charge in [0, 0.05) is 11.3 Å². The minimum absolute atomic E-state index is 0.195. The predicted octanol–water partition coefficient (Wildman–Crippen LogP) is 2.90. The maximum absolute atomic E-state index is 5.96. The molecule has 0 bridgehead atoms. The van der Waals surface area contributed by atoms with Crippen LogP contribution in [0.25, 0.3) is 0 Å². The molecule has 1 aromatic heterocycles. The summed E-state index contributed by atoms with van der Waals surface area (Å²) in [6.07, 6.45) is 1.95. The molecule has 4 heteroatoms. The van der Waals surface area contributed by atoms with Gasteiger partial charge in [0.1, 0.15) is 18.4 Å². The second kappa shape index (κ2) is 5.90. The number of nitrogens with zero attached hydrogens (tertiary/aromatic N) is 2. The summed E-state index contributed by atoms with van der Waals surface area (Å²) >= 11 is 0. The lowest BCUT2D eigenvalue weighted by Gasteiger charge is -2.34. The first-order valence-electron chi connectivity index (χ1n) is 7.74. The molecule has 1 aliphatic rings. The Morgan fingerprint density at radius 3 is 2.81 bits per heavy atom. The number of para-hydroxylation sites is 1. The van der Waals surface area contributed by atoms with E-state index >= 15 is 0 Å². The van der Waals surface area contributed by atoms with Crippen molar-refractivity contribution in [1.82, 2.24) is 15.1 Å². The van der Waals surface area contributed by atoms with Crippen molar-refractivity contribution in [3.05, 3.63) is 47.3 Å². The Bertz CT molecular complexity index is 620. The number of aromatic nitrogens is 2. The zero-order valence-corrected chi connectivity index (χ0v) is 13.0. The van der Waals surface area contributed by atoms with Gasteiger partial charge in [-0.05, 0) is 32.0 Å². The number of ether oxygens (including phenoxy) is 1. The molecule has 0 saturated carbocycles. The van der Waals surface area contributed by atoms with E-state index in [1.54, 1.807) is 0 Å². The average molecular weight is 285 g/mol. The highest BCUT2D eigenvalue weighted by Crippen LogP contribution is 2.37. The third-order valence-electron chi connectivity index (χ3n) is 4.26. The van der Waals surface area contributed by atoms with Gasteiger partial charge in [0.25, 0.3) is 0 Å². The van der Waals surface area contributed by atoms with E-state index in [1.807, 2.05) is 19.2 Å². The number of hydrogen-bond donors (Lipinski definition) is 1. The highest BCUT2D eigenvalue weighted by atomic mass is 16.5. The largest absolute Gasteiger partial charge is 0.491 e. The zero-order valence-electron chi connectivity index (χ0n) is 13.0. The van der Waals surface area contributed by atoms with E-state index in [-0.39, 0.29) is 12.1 Å². The standard InChI is InChI=1S/C17H23N3O/c1-4-12-10-13(5-2)20(19-12)15-11-21-16-9-7-6-8-14(16)17(15)18-3/h6-10,15,17-18H,4-5,11H2,1-3H3. The number of benzene rings is 1. The van der Waals surface area contributed by atoms with Crippen LogP contribution in [0.4, 0.5) is 0 Å². The van der Waals surface area contributed by atoms with Crippen LogP contribution in [0.3, 0.4) is 0 Å². The fourth-order valence-electron chi connectivity index (χ4n) is 3.12. The summed E-state index contributed by atoms with van der Waals surface area (Å²) in [6, 6.07) is 10.9. The first-order chi connectivity index (χ1) is 10.3. The second-order valence-electron chi connectivity index (χ2n) is 5.46. The van der Waals surface area contributed by atoms with Crippen LogP contribution >= 0.6 is 0 Å². The minimum atomic E-state index is 0.195. The Morgan fingerprint density at radius 2 is 2.10 bits per heavy atom. The molecule has 21 heavy (non-hydrogen) atoms. The summed E-state index contributed by atoms with van der Waals surface area (Å²) in [5.41, 5.74) is 3.65. The molecule has 0 spiro atoms. The molecule has 0 saturated heterocycles. The molecule has 0 fully saturated rings. The van der Waals surface area contributed by atoms with Crippen molar-refractivity contribution < 1.29 is 4.74 Å². The number of aryl methyl sites for hydroxylation is 2. The van der Waals surface area contributed by atoms with Gasteiger partial charge in [0.2, 0.25) is 0 Å². The van der Waals surface area contributed by atoms with Crippen LogP contribution in [-0.2, 0) is 12.8 Å². The van der Waals surface area contributed by atoms with E-state index in [2.05, 4.69) is 42.0 Å². The van der Waals surface area contributed by atoms with Crippen LogP contribution in [0.5, 0.6) is 5.75 Å². The number of hydrogen-bond acceptors (Lipinski definition) is 3. The Morgan fingerprint density at radius 1 is 1.29 bits per heavy atom. The molecule has 2 aromatic rings. The van der Waals surface area contributed by atoms with Crippen molar-refractivity contribution in [2.24, 2.45) is 0 Å². The number of rotatable bonds is 4. The van der Waals surface area contributed by atoms with Gasteiger partial charge in [-0.15, -0.1) is 0 Å². The van der Waals surface area contributed by atoms with E-state index in [4.69, 9.17) is 9.84 Å². The van der Waals surface area contributed by atoms with Crippen molar-refractivity contribution in [3.8, 4) is 5.75 Å². The van der Waals surface area contributed by atoms with Crippen LogP contribution < -0.4 is 10.1 Å². The van der Waals surface area contributed by atoms with E-state index < -0.39 is 0 Å². The minimum Gasteiger partial charge on any atom is -0.491 e. The van der Waals surface area contributed by atoms with Gasteiger partial charge in [-0.2, -0.15) is 5.10 Å². The van der Waals surface area contributed by atoms with E-state index in [1.165, 1.54) is 11.3 Å². The second-order valence-corrected chi connectivity index (χ2v) is 5.46. The highest BCUT2D eigenvalue weighted by molar-refractivity contribution is 5.38. The summed E-state index contributed by atoms with van der Waals surface area (Å²) in [6.45, 7) is 4.98. The highest BCUT2D eigenvalue weighted by Gasteiger charge is 2.32. The molecule has 2 atom stereocenters. The van der Waals surface area contributed by atoms with Crippen LogP contribution in [0, 0.1) is 0 Å². The van der Waals surface area contributed by atoms with Crippen molar-refractivity contribution >= 4 is 0 Å². The average Bonchev–Trinajstić information content (AvgIpc) is 2.97. The normalized spacial score (nSPS) is 20.9. The quantitative estimate of drug-likeness (QED) is 0.939. The molecule has 2 heterocycles. The smallest absolute Gasteiger partial charge is 0.124 e. The molecule has 2 unspecified atom stereocenters. The molecular weight excluding hydrogens is 262 g/mol. The Kier molecular flexibility index (Phi) is 3.97. The monoisotopic (exact) mass is 285 g/mol. The number of likely N-dealkylation sites (N-methyl/N-ethyl adjacent to an activating group) is 1. The van der Waals surface area contributed by atoms with Crippen molar-refractivity contribution in [2.45, 2.75) is 38.8 Å². The van der Waals surface area contributed by atoms with Gasteiger partial charge in [-0.3, -0.25) is 4.68 Å². The van der Waals surface area contributed by atoms with Crippen molar-refractivity contribution in [2.75, 3.05) is 13.7 Å².